The first kappa shape index (κ1) is 9.44. The number of likely N-dealkylation sites (tertiary alicyclic amines) is 1. The Morgan fingerprint density at radius 3 is 2.93 bits per heavy atom. The Kier molecular flexibility index (Phi) is 2.11. The predicted octanol–water partition coefficient (Wildman–Crippen LogP) is 2.07. The van der Waals surface area contributed by atoms with Crippen molar-refractivity contribution < 1.29 is 4.79 Å². The van der Waals surface area contributed by atoms with Gasteiger partial charge >= 0.3 is 0 Å². The van der Waals surface area contributed by atoms with Crippen LogP contribution in [0.2, 0.25) is 0 Å². The highest BCUT2D eigenvalue weighted by Crippen LogP contribution is 2.51. The van der Waals surface area contributed by atoms with Gasteiger partial charge in [-0.15, -0.1) is 0 Å². The van der Waals surface area contributed by atoms with Crippen LogP contribution in [0, 0.1) is 23.7 Å². The maximum Gasteiger partial charge on any atom is 0.226 e. The van der Waals surface area contributed by atoms with Crippen LogP contribution in [0.4, 0.5) is 0 Å². The van der Waals surface area contributed by atoms with Crippen LogP contribution in [-0.4, -0.2) is 23.9 Å². The van der Waals surface area contributed by atoms with Gasteiger partial charge in [-0.3, -0.25) is 4.79 Å². The van der Waals surface area contributed by atoms with Crippen molar-refractivity contribution in [3.05, 3.63) is 12.2 Å². The maximum atomic E-state index is 12.2. The molecule has 2 fully saturated rings. The lowest BCUT2D eigenvalue weighted by atomic mass is 9.86. The van der Waals surface area contributed by atoms with Crippen LogP contribution >= 0.6 is 0 Å². The zero-order valence-electron chi connectivity index (χ0n) is 9.36. The number of carbonyl (C=O) groups is 1. The fourth-order valence-electron chi connectivity index (χ4n) is 3.65. The molecule has 2 heteroatoms. The lowest BCUT2D eigenvalue weighted by Gasteiger charge is -2.18. The van der Waals surface area contributed by atoms with Gasteiger partial charge in [-0.1, -0.05) is 25.5 Å². The highest BCUT2D eigenvalue weighted by Gasteiger charge is 2.53. The maximum absolute atomic E-state index is 12.2. The van der Waals surface area contributed by atoms with Gasteiger partial charge in [-0.25, -0.2) is 0 Å². The van der Waals surface area contributed by atoms with E-state index < -0.39 is 0 Å². The zero-order chi connectivity index (χ0) is 10.4. The van der Waals surface area contributed by atoms with Crippen molar-refractivity contribution >= 4 is 5.91 Å². The van der Waals surface area contributed by atoms with Crippen LogP contribution in [-0.2, 0) is 4.79 Å². The molecule has 1 saturated carbocycles. The number of amides is 1. The van der Waals surface area contributed by atoms with E-state index in [0.29, 0.717) is 23.7 Å². The quantitative estimate of drug-likeness (QED) is 0.646. The van der Waals surface area contributed by atoms with Crippen molar-refractivity contribution in [2.24, 2.45) is 23.7 Å². The summed E-state index contributed by atoms with van der Waals surface area (Å²) >= 11 is 0. The second-order valence-corrected chi connectivity index (χ2v) is 5.28. The van der Waals surface area contributed by atoms with Gasteiger partial charge in [0.15, 0.2) is 0 Å². The standard InChI is InChI=1S/C13H19NO/c1-2-3-6-14-8-11-9-4-5-10(7-9)12(11)13(14)15/h4-5,9-12H,2-3,6-8H2,1H3. The van der Waals surface area contributed by atoms with E-state index >= 15 is 0 Å². The molecule has 0 N–H and O–H groups in total. The predicted molar refractivity (Wildman–Crippen MR) is 59.2 cm³/mol. The number of nitrogens with zero attached hydrogens (tertiary/aromatic N) is 1. The summed E-state index contributed by atoms with van der Waals surface area (Å²) in [6.45, 7) is 4.21. The van der Waals surface area contributed by atoms with Crippen molar-refractivity contribution in [2.45, 2.75) is 26.2 Å². The Morgan fingerprint density at radius 1 is 1.40 bits per heavy atom. The topological polar surface area (TPSA) is 20.3 Å². The van der Waals surface area contributed by atoms with Gasteiger partial charge in [0.1, 0.15) is 0 Å². The minimum absolute atomic E-state index is 0.358. The van der Waals surface area contributed by atoms with E-state index in [2.05, 4.69) is 24.0 Å². The summed E-state index contributed by atoms with van der Waals surface area (Å²) < 4.78 is 0. The van der Waals surface area contributed by atoms with Crippen LogP contribution in [0.15, 0.2) is 12.2 Å². The molecule has 2 bridgehead atoms. The van der Waals surface area contributed by atoms with Crippen LogP contribution < -0.4 is 0 Å². The van der Waals surface area contributed by atoms with Crippen LogP contribution in [0.25, 0.3) is 0 Å². The molecule has 0 radical (unpaired) electrons. The molecule has 15 heavy (non-hydrogen) atoms. The molecule has 0 aromatic rings. The molecule has 82 valence electrons. The molecule has 1 heterocycles. The van der Waals surface area contributed by atoms with Gasteiger partial charge in [0, 0.05) is 19.0 Å². The average molecular weight is 205 g/mol. The molecule has 0 aromatic heterocycles. The van der Waals surface area contributed by atoms with Crippen LogP contribution in [0.3, 0.4) is 0 Å². The lowest BCUT2D eigenvalue weighted by molar-refractivity contribution is -0.131. The molecule has 1 saturated heterocycles. The van der Waals surface area contributed by atoms with Crippen molar-refractivity contribution in [1.29, 1.82) is 0 Å². The second kappa shape index (κ2) is 3.36. The van der Waals surface area contributed by atoms with Crippen molar-refractivity contribution in [3.8, 4) is 0 Å². The fraction of sp³-hybridized carbons (Fsp3) is 0.769. The molecule has 4 unspecified atom stereocenters. The Balaban J connectivity index is 1.73. The van der Waals surface area contributed by atoms with E-state index in [1.165, 1.54) is 12.8 Å². The Hall–Kier alpha value is -0.790. The third kappa shape index (κ3) is 1.27. The molecule has 0 spiro atoms. The molecular formula is C13H19NO. The number of hydrogen-bond donors (Lipinski definition) is 0. The Morgan fingerprint density at radius 2 is 2.20 bits per heavy atom. The molecule has 3 rings (SSSR count). The number of hydrogen-bond acceptors (Lipinski definition) is 1. The number of rotatable bonds is 3. The van der Waals surface area contributed by atoms with E-state index in [1.807, 2.05) is 0 Å². The highest BCUT2D eigenvalue weighted by atomic mass is 16.2. The smallest absolute Gasteiger partial charge is 0.226 e. The second-order valence-electron chi connectivity index (χ2n) is 5.28. The fourth-order valence-corrected chi connectivity index (χ4v) is 3.65. The first-order valence-corrected chi connectivity index (χ1v) is 6.28. The van der Waals surface area contributed by atoms with E-state index in [1.54, 1.807) is 0 Å². The summed E-state index contributed by atoms with van der Waals surface area (Å²) in [5.41, 5.74) is 0. The van der Waals surface area contributed by atoms with E-state index in [0.717, 1.165) is 25.4 Å². The Labute approximate surface area is 91.3 Å². The van der Waals surface area contributed by atoms with Gasteiger partial charge < -0.3 is 4.90 Å². The Bertz CT molecular complexity index is 310. The number of carbonyl (C=O) groups excluding carboxylic acids is 1. The molecule has 0 aromatic carbocycles. The van der Waals surface area contributed by atoms with Gasteiger partial charge in [-0.05, 0) is 30.6 Å². The molecular weight excluding hydrogens is 186 g/mol. The SMILES string of the molecule is CCCCN1CC2C3C=CC(C3)C2C1=O. The van der Waals surface area contributed by atoms with Gasteiger partial charge in [0.05, 0.1) is 0 Å². The average Bonchev–Trinajstić information content (AvgIpc) is 2.88. The zero-order valence-corrected chi connectivity index (χ0v) is 9.36. The summed E-state index contributed by atoms with van der Waals surface area (Å²) in [5, 5.41) is 0. The van der Waals surface area contributed by atoms with Crippen LogP contribution in [0.1, 0.15) is 26.2 Å². The largest absolute Gasteiger partial charge is 0.342 e. The van der Waals surface area contributed by atoms with Crippen molar-refractivity contribution in [2.75, 3.05) is 13.1 Å². The molecule has 1 aliphatic heterocycles. The van der Waals surface area contributed by atoms with E-state index in [-0.39, 0.29) is 0 Å². The first-order valence-electron chi connectivity index (χ1n) is 6.28. The van der Waals surface area contributed by atoms with Gasteiger partial charge in [0.25, 0.3) is 0 Å². The summed E-state index contributed by atoms with van der Waals surface area (Å²) in [6, 6.07) is 0. The molecule has 2 nitrogen and oxygen atoms in total. The summed E-state index contributed by atoms with van der Waals surface area (Å²) in [7, 11) is 0. The number of allylic oxidation sites excluding steroid dienone is 2. The molecule has 2 aliphatic carbocycles. The number of fused-ring (bicyclic) bond motifs is 5. The summed E-state index contributed by atoms with van der Waals surface area (Å²) in [5.74, 6) is 2.77. The molecule has 4 atom stereocenters. The molecule has 3 aliphatic rings. The van der Waals surface area contributed by atoms with Crippen LogP contribution in [0.5, 0.6) is 0 Å². The number of unbranched alkanes of at least 4 members (excludes halogenated alkanes) is 1. The highest BCUT2D eigenvalue weighted by molar-refractivity contribution is 5.83. The minimum atomic E-state index is 0.358. The first-order chi connectivity index (χ1) is 7.31. The van der Waals surface area contributed by atoms with Gasteiger partial charge in [-0.2, -0.15) is 0 Å². The third-order valence-electron chi connectivity index (χ3n) is 4.43. The summed E-state index contributed by atoms with van der Waals surface area (Å²) in [4.78, 5) is 14.3. The van der Waals surface area contributed by atoms with E-state index in [4.69, 9.17) is 0 Å². The van der Waals surface area contributed by atoms with Crippen molar-refractivity contribution in [1.82, 2.24) is 4.90 Å². The third-order valence-corrected chi connectivity index (χ3v) is 4.43. The monoisotopic (exact) mass is 205 g/mol. The lowest BCUT2D eigenvalue weighted by Crippen LogP contribution is -2.30. The normalized spacial score (nSPS) is 41.7. The van der Waals surface area contributed by atoms with Crippen molar-refractivity contribution in [3.63, 3.8) is 0 Å². The summed E-state index contributed by atoms with van der Waals surface area (Å²) in [6.07, 6.45) is 8.23. The molecule has 1 amide bonds. The minimum Gasteiger partial charge on any atom is -0.342 e. The van der Waals surface area contributed by atoms with E-state index in [9.17, 15) is 4.79 Å². The van der Waals surface area contributed by atoms with Gasteiger partial charge in [0.2, 0.25) is 5.91 Å².